The average Bonchev–Trinajstić information content (AvgIpc) is 2.74. The van der Waals surface area contributed by atoms with Crippen molar-refractivity contribution < 1.29 is 14.3 Å². The normalized spacial score (nSPS) is 10.3. The van der Waals surface area contributed by atoms with E-state index in [4.69, 9.17) is 4.74 Å². The molecule has 6 heteroatoms. The summed E-state index contributed by atoms with van der Waals surface area (Å²) in [5, 5.41) is 6.11. The van der Waals surface area contributed by atoms with E-state index in [9.17, 15) is 9.59 Å². The molecular formula is C23H23N3O3. The van der Waals surface area contributed by atoms with E-state index in [1.165, 1.54) is 11.1 Å². The van der Waals surface area contributed by atoms with Crippen LogP contribution < -0.4 is 10.6 Å². The molecule has 0 radical (unpaired) electrons. The van der Waals surface area contributed by atoms with Crippen molar-refractivity contribution in [2.75, 3.05) is 17.2 Å². The molecule has 6 nitrogen and oxygen atoms in total. The van der Waals surface area contributed by atoms with Crippen LogP contribution in [0.4, 0.5) is 11.4 Å². The van der Waals surface area contributed by atoms with Gasteiger partial charge in [0.2, 0.25) is 0 Å². The Morgan fingerprint density at radius 1 is 1.00 bits per heavy atom. The minimum Gasteiger partial charge on any atom is -0.462 e. The smallest absolute Gasteiger partial charge is 0.338 e. The van der Waals surface area contributed by atoms with Crippen LogP contribution in [0.3, 0.4) is 0 Å². The van der Waals surface area contributed by atoms with E-state index in [0.29, 0.717) is 30.1 Å². The van der Waals surface area contributed by atoms with E-state index >= 15 is 0 Å². The molecule has 2 aromatic carbocycles. The molecule has 1 heterocycles. The zero-order valence-electron chi connectivity index (χ0n) is 16.4. The van der Waals surface area contributed by atoms with Crippen molar-refractivity contribution in [2.24, 2.45) is 0 Å². The van der Waals surface area contributed by atoms with E-state index in [1.807, 2.05) is 18.2 Å². The Balaban J connectivity index is 1.63. The van der Waals surface area contributed by atoms with Crippen molar-refractivity contribution >= 4 is 23.3 Å². The summed E-state index contributed by atoms with van der Waals surface area (Å²) in [5.41, 5.74) is 4.52. The Labute approximate surface area is 169 Å². The second-order valence-electron chi connectivity index (χ2n) is 6.46. The minimum atomic E-state index is -0.389. The number of nitrogens with zero attached hydrogens (tertiary/aromatic N) is 1. The summed E-state index contributed by atoms with van der Waals surface area (Å²) in [6.07, 6.45) is 1.60. The lowest BCUT2D eigenvalue weighted by Gasteiger charge is -2.10. The van der Waals surface area contributed by atoms with Gasteiger partial charge in [0.1, 0.15) is 5.69 Å². The van der Waals surface area contributed by atoms with Crippen molar-refractivity contribution in [1.82, 2.24) is 4.98 Å². The number of ether oxygens (including phenoxy) is 1. The lowest BCUT2D eigenvalue weighted by Crippen LogP contribution is -2.14. The first-order valence-electron chi connectivity index (χ1n) is 9.40. The summed E-state index contributed by atoms with van der Waals surface area (Å²) in [6.45, 7) is 4.80. The number of aryl methyl sites for hydroxylation is 1. The maximum Gasteiger partial charge on any atom is 0.338 e. The van der Waals surface area contributed by atoms with Gasteiger partial charge in [-0.15, -0.1) is 0 Å². The Hall–Kier alpha value is -3.67. The second kappa shape index (κ2) is 9.50. The number of hydrogen-bond acceptors (Lipinski definition) is 5. The first-order chi connectivity index (χ1) is 14.1. The third kappa shape index (κ3) is 5.42. The van der Waals surface area contributed by atoms with Crippen LogP contribution in [0.5, 0.6) is 0 Å². The van der Waals surface area contributed by atoms with E-state index in [1.54, 1.807) is 43.5 Å². The van der Waals surface area contributed by atoms with Crippen molar-refractivity contribution in [2.45, 2.75) is 20.4 Å². The van der Waals surface area contributed by atoms with Crippen LogP contribution in [-0.4, -0.2) is 23.5 Å². The van der Waals surface area contributed by atoms with Crippen LogP contribution in [0.15, 0.2) is 66.9 Å². The molecule has 3 rings (SSSR count). The summed E-state index contributed by atoms with van der Waals surface area (Å²) in [4.78, 5) is 28.4. The van der Waals surface area contributed by atoms with E-state index in [2.05, 4.69) is 34.7 Å². The molecule has 0 spiro atoms. The number of esters is 1. The van der Waals surface area contributed by atoms with Gasteiger partial charge >= 0.3 is 5.97 Å². The van der Waals surface area contributed by atoms with Crippen molar-refractivity contribution in [3.63, 3.8) is 0 Å². The number of benzene rings is 2. The molecule has 0 saturated carbocycles. The third-order valence-corrected chi connectivity index (χ3v) is 4.39. The monoisotopic (exact) mass is 389 g/mol. The fraction of sp³-hybridized carbons (Fsp3) is 0.174. The Bertz CT molecular complexity index is 1000. The molecule has 0 saturated heterocycles. The van der Waals surface area contributed by atoms with Crippen molar-refractivity contribution in [3.8, 4) is 0 Å². The van der Waals surface area contributed by atoms with E-state index < -0.39 is 0 Å². The lowest BCUT2D eigenvalue weighted by atomic mass is 10.1. The molecule has 148 valence electrons. The largest absolute Gasteiger partial charge is 0.462 e. The highest BCUT2D eigenvalue weighted by atomic mass is 16.5. The number of carbonyl (C=O) groups is 2. The number of pyridine rings is 1. The zero-order valence-corrected chi connectivity index (χ0v) is 16.4. The molecule has 29 heavy (non-hydrogen) atoms. The molecule has 3 aromatic rings. The Kier molecular flexibility index (Phi) is 6.58. The summed E-state index contributed by atoms with van der Waals surface area (Å²) >= 11 is 0. The van der Waals surface area contributed by atoms with Gasteiger partial charge in [-0.25, -0.2) is 4.79 Å². The van der Waals surface area contributed by atoms with Crippen molar-refractivity contribution in [3.05, 3.63) is 89.2 Å². The minimum absolute atomic E-state index is 0.300. The van der Waals surface area contributed by atoms with Gasteiger partial charge in [-0.2, -0.15) is 0 Å². The van der Waals surface area contributed by atoms with Gasteiger partial charge in [-0.05, 0) is 61.4 Å². The molecule has 0 aliphatic heterocycles. The molecule has 0 bridgehead atoms. The molecule has 2 N–H and O–H groups in total. The maximum absolute atomic E-state index is 12.5. The number of nitrogens with one attached hydrogen (secondary N) is 2. The van der Waals surface area contributed by atoms with Gasteiger partial charge in [0, 0.05) is 24.1 Å². The van der Waals surface area contributed by atoms with Gasteiger partial charge in [0.15, 0.2) is 0 Å². The van der Waals surface area contributed by atoms with E-state index in [0.717, 1.165) is 5.69 Å². The van der Waals surface area contributed by atoms with Crippen LogP contribution in [0.25, 0.3) is 0 Å². The number of aromatic nitrogens is 1. The number of rotatable bonds is 7. The molecular weight excluding hydrogens is 366 g/mol. The number of amides is 1. The fourth-order valence-corrected chi connectivity index (χ4v) is 2.77. The third-order valence-electron chi connectivity index (χ3n) is 4.39. The van der Waals surface area contributed by atoms with Crippen LogP contribution in [0, 0.1) is 6.92 Å². The van der Waals surface area contributed by atoms with Gasteiger partial charge in [0.05, 0.1) is 12.2 Å². The Morgan fingerprint density at radius 2 is 1.76 bits per heavy atom. The summed E-state index contributed by atoms with van der Waals surface area (Å²) < 4.78 is 4.95. The highest BCUT2D eigenvalue weighted by Gasteiger charge is 2.10. The van der Waals surface area contributed by atoms with Gasteiger partial charge in [-0.1, -0.05) is 24.3 Å². The first-order valence-corrected chi connectivity index (χ1v) is 9.40. The molecule has 0 fully saturated rings. The highest BCUT2D eigenvalue weighted by molar-refractivity contribution is 6.03. The highest BCUT2D eigenvalue weighted by Crippen LogP contribution is 2.15. The zero-order chi connectivity index (χ0) is 20.6. The molecule has 0 atom stereocenters. The van der Waals surface area contributed by atoms with Crippen LogP contribution in [0.2, 0.25) is 0 Å². The second-order valence-corrected chi connectivity index (χ2v) is 6.46. The van der Waals surface area contributed by atoms with Crippen molar-refractivity contribution in [1.29, 1.82) is 0 Å². The molecule has 1 amide bonds. The number of hydrogen-bond donors (Lipinski definition) is 2. The standard InChI is InChI=1S/C23H23N3O3/c1-3-29-23(28)17-8-10-19(11-9-17)26-22(27)21-14-20(12-13-24-21)25-15-18-7-5-4-6-16(18)2/h4-14H,3,15H2,1-2H3,(H,24,25)(H,26,27). The molecule has 0 unspecified atom stereocenters. The van der Waals surface area contributed by atoms with Crippen LogP contribution in [-0.2, 0) is 11.3 Å². The summed E-state index contributed by atoms with van der Waals surface area (Å²) in [6, 6.07) is 18.2. The van der Waals surface area contributed by atoms with Crippen LogP contribution in [0.1, 0.15) is 38.9 Å². The van der Waals surface area contributed by atoms with E-state index in [-0.39, 0.29) is 11.9 Å². The predicted molar refractivity (Wildman–Crippen MR) is 113 cm³/mol. The Morgan fingerprint density at radius 3 is 2.48 bits per heavy atom. The average molecular weight is 389 g/mol. The summed E-state index contributed by atoms with van der Waals surface area (Å²) in [5.74, 6) is -0.715. The van der Waals surface area contributed by atoms with Crippen LogP contribution >= 0.6 is 0 Å². The molecule has 0 aliphatic carbocycles. The first kappa shape index (κ1) is 20.1. The molecule has 0 aliphatic rings. The van der Waals surface area contributed by atoms with Gasteiger partial charge in [0.25, 0.3) is 5.91 Å². The topological polar surface area (TPSA) is 80.3 Å². The number of anilines is 2. The van der Waals surface area contributed by atoms with Gasteiger partial charge in [-0.3, -0.25) is 9.78 Å². The quantitative estimate of drug-likeness (QED) is 0.584. The summed E-state index contributed by atoms with van der Waals surface area (Å²) in [7, 11) is 0. The fourth-order valence-electron chi connectivity index (χ4n) is 2.77. The van der Waals surface area contributed by atoms with Gasteiger partial charge < -0.3 is 15.4 Å². The predicted octanol–water partition coefficient (Wildman–Crippen LogP) is 4.43. The SMILES string of the molecule is CCOC(=O)c1ccc(NC(=O)c2cc(NCc3ccccc3C)ccn2)cc1. The molecule has 1 aromatic heterocycles. The number of carbonyl (C=O) groups excluding carboxylic acids is 2. The maximum atomic E-state index is 12.5. The lowest BCUT2D eigenvalue weighted by molar-refractivity contribution is 0.0526.